The summed E-state index contributed by atoms with van der Waals surface area (Å²) in [5, 5.41) is 5.81. The van der Waals surface area contributed by atoms with Crippen molar-refractivity contribution in [2.45, 2.75) is 19.4 Å². The molecule has 1 aromatic heterocycles. The molecule has 0 fully saturated rings. The Labute approximate surface area is 129 Å². The molecule has 1 N–H and O–H groups in total. The van der Waals surface area contributed by atoms with Gasteiger partial charge in [0, 0.05) is 4.47 Å². The van der Waals surface area contributed by atoms with Crippen molar-refractivity contribution in [3.63, 3.8) is 0 Å². The summed E-state index contributed by atoms with van der Waals surface area (Å²) in [6.07, 6.45) is 1.14. The summed E-state index contributed by atoms with van der Waals surface area (Å²) >= 11 is 8.75. The van der Waals surface area contributed by atoms with E-state index in [2.05, 4.69) is 79.8 Å². The second kappa shape index (κ2) is 6.85. The molecule has 1 unspecified atom stereocenters. The number of benzene rings is 1. The largest absolute Gasteiger partial charge is 0.306 e. The topological polar surface area (TPSA) is 12.0 Å². The molecule has 96 valence electrons. The van der Waals surface area contributed by atoms with E-state index in [4.69, 9.17) is 0 Å². The minimum absolute atomic E-state index is 0.278. The normalized spacial score (nSPS) is 12.6. The number of nitrogens with one attached hydrogen (secondary N) is 1. The molecule has 0 amide bonds. The Kier molecular flexibility index (Phi) is 5.42. The quantitative estimate of drug-likeness (QED) is 0.726. The first-order valence-corrected chi connectivity index (χ1v) is 8.40. The number of hydrogen-bond acceptors (Lipinski definition) is 2. The molecular weight excluding hydrogens is 374 g/mol. The first kappa shape index (κ1) is 14.3. The van der Waals surface area contributed by atoms with Gasteiger partial charge in [0.1, 0.15) is 0 Å². The first-order valence-electron chi connectivity index (χ1n) is 5.93. The molecule has 0 saturated heterocycles. The van der Waals surface area contributed by atoms with E-state index < -0.39 is 0 Å². The lowest BCUT2D eigenvalue weighted by atomic mass is 10.0. The van der Waals surface area contributed by atoms with E-state index in [0.29, 0.717) is 0 Å². The van der Waals surface area contributed by atoms with Gasteiger partial charge in [-0.25, -0.2) is 0 Å². The first-order chi connectivity index (χ1) is 8.70. The summed E-state index contributed by atoms with van der Waals surface area (Å²) in [7, 11) is 0. The highest BCUT2D eigenvalue weighted by Crippen LogP contribution is 2.30. The zero-order valence-corrected chi connectivity index (χ0v) is 14.1. The molecule has 2 aromatic rings. The lowest BCUT2D eigenvalue weighted by molar-refractivity contribution is 0.600. The van der Waals surface area contributed by atoms with Gasteiger partial charge in [-0.15, -0.1) is 11.3 Å². The monoisotopic (exact) mass is 387 g/mol. The van der Waals surface area contributed by atoms with E-state index in [0.717, 1.165) is 17.4 Å². The van der Waals surface area contributed by atoms with Crippen LogP contribution in [0.4, 0.5) is 0 Å². The molecule has 0 spiro atoms. The van der Waals surface area contributed by atoms with Crippen LogP contribution in [0.15, 0.2) is 44.0 Å². The summed E-state index contributed by atoms with van der Waals surface area (Å²) in [4.78, 5) is 0. The van der Waals surface area contributed by atoms with Gasteiger partial charge in [-0.05, 0) is 63.6 Å². The molecule has 0 bridgehead atoms. The Hall–Kier alpha value is -0.160. The fraction of sp³-hybridized carbons (Fsp3) is 0.286. The van der Waals surface area contributed by atoms with Crippen LogP contribution in [0.2, 0.25) is 0 Å². The molecule has 1 atom stereocenters. The zero-order valence-electron chi connectivity index (χ0n) is 10.1. The Bertz CT molecular complexity index is 493. The van der Waals surface area contributed by atoms with E-state index >= 15 is 0 Å². The molecule has 0 aliphatic carbocycles. The van der Waals surface area contributed by atoms with E-state index in [1.807, 2.05) is 0 Å². The number of rotatable bonds is 5. The van der Waals surface area contributed by atoms with E-state index in [9.17, 15) is 0 Å². The van der Waals surface area contributed by atoms with Gasteiger partial charge < -0.3 is 5.32 Å². The van der Waals surface area contributed by atoms with Crippen molar-refractivity contribution in [1.29, 1.82) is 0 Å². The summed E-state index contributed by atoms with van der Waals surface area (Å²) in [6, 6.07) is 11.0. The van der Waals surface area contributed by atoms with Crippen LogP contribution in [0.1, 0.15) is 30.5 Å². The molecule has 0 radical (unpaired) electrons. The molecule has 0 aliphatic rings. The van der Waals surface area contributed by atoms with E-state index in [1.54, 1.807) is 11.3 Å². The third-order valence-corrected chi connectivity index (χ3v) is 4.77. The van der Waals surface area contributed by atoms with Crippen LogP contribution >= 0.6 is 43.2 Å². The van der Waals surface area contributed by atoms with Gasteiger partial charge >= 0.3 is 0 Å². The molecule has 0 saturated carbocycles. The Morgan fingerprint density at radius 2 is 1.89 bits per heavy atom. The van der Waals surface area contributed by atoms with Crippen LogP contribution in [-0.2, 0) is 0 Å². The SMILES string of the molecule is CCCNC(c1ccc(Br)cc1)c1csc(Br)c1. The van der Waals surface area contributed by atoms with Crippen LogP contribution in [0.25, 0.3) is 0 Å². The molecule has 1 heterocycles. The number of thiophene rings is 1. The maximum atomic E-state index is 3.61. The highest BCUT2D eigenvalue weighted by molar-refractivity contribution is 9.11. The standard InChI is InChI=1S/C14H15Br2NS/c1-2-7-17-14(11-8-13(16)18-9-11)10-3-5-12(15)6-4-10/h3-6,8-9,14,17H,2,7H2,1H3. The van der Waals surface area contributed by atoms with Crippen molar-refractivity contribution in [1.82, 2.24) is 5.32 Å². The molecule has 0 aliphatic heterocycles. The van der Waals surface area contributed by atoms with Gasteiger partial charge in [0.25, 0.3) is 0 Å². The predicted molar refractivity (Wildman–Crippen MR) is 86.3 cm³/mol. The summed E-state index contributed by atoms with van der Waals surface area (Å²) in [5.41, 5.74) is 2.62. The molecular formula is C14H15Br2NS. The van der Waals surface area contributed by atoms with Crippen LogP contribution in [-0.4, -0.2) is 6.54 Å². The molecule has 4 heteroatoms. The third-order valence-electron chi connectivity index (χ3n) is 2.72. The van der Waals surface area contributed by atoms with Gasteiger partial charge in [0.15, 0.2) is 0 Å². The van der Waals surface area contributed by atoms with Gasteiger partial charge in [0.05, 0.1) is 9.83 Å². The molecule has 2 rings (SSSR count). The van der Waals surface area contributed by atoms with Gasteiger partial charge in [-0.3, -0.25) is 0 Å². The van der Waals surface area contributed by atoms with Crippen molar-refractivity contribution in [3.05, 3.63) is 55.1 Å². The fourth-order valence-electron chi connectivity index (χ4n) is 1.85. The Morgan fingerprint density at radius 1 is 1.17 bits per heavy atom. The molecule has 1 nitrogen and oxygen atoms in total. The van der Waals surface area contributed by atoms with Crippen molar-refractivity contribution >= 4 is 43.2 Å². The minimum Gasteiger partial charge on any atom is -0.306 e. The highest BCUT2D eigenvalue weighted by Gasteiger charge is 2.14. The Balaban J connectivity index is 2.27. The smallest absolute Gasteiger partial charge is 0.0701 e. The summed E-state index contributed by atoms with van der Waals surface area (Å²) in [5.74, 6) is 0. The second-order valence-electron chi connectivity index (χ2n) is 4.12. The fourth-order valence-corrected chi connectivity index (χ4v) is 3.31. The maximum Gasteiger partial charge on any atom is 0.0701 e. The summed E-state index contributed by atoms with van der Waals surface area (Å²) < 4.78 is 2.30. The van der Waals surface area contributed by atoms with Crippen molar-refractivity contribution in [3.8, 4) is 0 Å². The van der Waals surface area contributed by atoms with Crippen LogP contribution < -0.4 is 5.32 Å². The second-order valence-corrected chi connectivity index (χ2v) is 7.33. The average molecular weight is 389 g/mol. The van der Waals surface area contributed by atoms with E-state index in [1.165, 1.54) is 14.9 Å². The van der Waals surface area contributed by atoms with Crippen LogP contribution in [0.3, 0.4) is 0 Å². The van der Waals surface area contributed by atoms with Crippen molar-refractivity contribution in [2.75, 3.05) is 6.54 Å². The van der Waals surface area contributed by atoms with Gasteiger partial charge in [-0.1, -0.05) is 35.0 Å². The predicted octanol–water partition coefficient (Wildman–Crippen LogP) is 5.36. The van der Waals surface area contributed by atoms with Crippen molar-refractivity contribution in [2.24, 2.45) is 0 Å². The lowest BCUT2D eigenvalue weighted by Gasteiger charge is -2.18. The number of hydrogen-bond donors (Lipinski definition) is 1. The van der Waals surface area contributed by atoms with Crippen LogP contribution in [0, 0.1) is 0 Å². The maximum absolute atomic E-state index is 3.61. The van der Waals surface area contributed by atoms with Crippen molar-refractivity contribution < 1.29 is 0 Å². The minimum atomic E-state index is 0.278. The molecule has 1 aromatic carbocycles. The average Bonchev–Trinajstić information content (AvgIpc) is 2.78. The highest BCUT2D eigenvalue weighted by atomic mass is 79.9. The lowest BCUT2D eigenvalue weighted by Crippen LogP contribution is -2.22. The molecule has 18 heavy (non-hydrogen) atoms. The third kappa shape index (κ3) is 3.67. The van der Waals surface area contributed by atoms with Gasteiger partial charge in [-0.2, -0.15) is 0 Å². The van der Waals surface area contributed by atoms with Gasteiger partial charge in [0.2, 0.25) is 0 Å². The van der Waals surface area contributed by atoms with Crippen LogP contribution in [0.5, 0.6) is 0 Å². The number of halogens is 2. The Morgan fingerprint density at radius 3 is 2.44 bits per heavy atom. The van der Waals surface area contributed by atoms with E-state index in [-0.39, 0.29) is 6.04 Å². The zero-order chi connectivity index (χ0) is 13.0. The summed E-state index contributed by atoms with van der Waals surface area (Å²) in [6.45, 7) is 3.21.